The molecule has 0 amide bonds. The van der Waals surface area contributed by atoms with Crippen molar-refractivity contribution < 1.29 is 4.79 Å². The van der Waals surface area contributed by atoms with E-state index in [1.165, 1.54) is 16.7 Å². The number of Topliss-reactive ketones (excluding diaryl/α,β-unsaturated/α-hetero) is 1. The van der Waals surface area contributed by atoms with Crippen molar-refractivity contribution in [2.45, 2.75) is 33.1 Å². The van der Waals surface area contributed by atoms with Gasteiger partial charge in [-0.1, -0.05) is 18.2 Å². The Hall–Kier alpha value is -1.48. The largest absolute Gasteiger partial charge is 0.293 e. The van der Waals surface area contributed by atoms with E-state index < -0.39 is 0 Å². The Kier molecular flexibility index (Phi) is 2.78. The van der Waals surface area contributed by atoms with Gasteiger partial charge in [0.1, 0.15) is 5.01 Å². The predicted octanol–water partition coefficient (Wildman–Crippen LogP) is 3.95. The van der Waals surface area contributed by atoms with Crippen LogP contribution in [0.25, 0.3) is 10.6 Å². The second-order valence-electron chi connectivity index (χ2n) is 4.84. The smallest absolute Gasteiger partial charge is 0.174 e. The highest BCUT2D eigenvalue weighted by Gasteiger charge is 2.23. The van der Waals surface area contributed by atoms with E-state index in [2.05, 4.69) is 32.0 Å². The molecule has 1 aliphatic carbocycles. The van der Waals surface area contributed by atoms with Crippen LogP contribution in [-0.4, -0.2) is 10.8 Å². The quantitative estimate of drug-likeness (QED) is 0.774. The lowest BCUT2D eigenvalue weighted by atomic mass is 10.0. The Bertz CT molecular complexity index is 607. The van der Waals surface area contributed by atoms with Crippen LogP contribution in [0, 0.1) is 13.8 Å². The molecule has 3 rings (SSSR count). The fraction of sp³-hybridized carbons (Fsp3) is 0.333. The zero-order chi connectivity index (χ0) is 12.7. The van der Waals surface area contributed by atoms with Crippen molar-refractivity contribution in [3.63, 3.8) is 0 Å². The maximum absolute atomic E-state index is 11.9. The van der Waals surface area contributed by atoms with Gasteiger partial charge in [-0.25, -0.2) is 4.98 Å². The van der Waals surface area contributed by atoms with Crippen molar-refractivity contribution in [3.8, 4) is 10.6 Å². The molecular formula is C15H15NOS. The summed E-state index contributed by atoms with van der Waals surface area (Å²) in [4.78, 5) is 17.4. The lowest BCUT2D eigenvalue weighted by Gasteiger charge is -2.06. The molecule has 0 atom stereocenters. The second-order valence-corrected chi connectivity index (χ2v) is 5.84. The maximum atomic E-state index is 11.9. The molecule has 0 fully saturated rings. The van der Waals surface area contributed by atoms with Crippen molar-refractivity contribution in [1.29, 1.82) is 0 Å². The van der Waals surface area contributed by atoms with Gasteiger partial charge in [0, 0.05) is 12.0 Å². The van der Waals surface area contributed by atoms with Crippen molar-refractivity contribution in [3.05, 3.63) is 39.9 Å². The van der Waals surface area contributed by atoms with Crippen LogP contribution < -0.4 is 0 Å². The van der Waals surface area contributed by atoms with Crippen molar-refractivity contribution >= 4 is 17.1 Å². The fourth-order valence-electron chi connectivity index (χ4n) is 2.53. The molecule has 0 spiro atoms. The van der Waals surface area contributed by atoms with Crippen LogP contribution in [0.5, 0.6) is 0 Å². The van der Waals surface area contributed by atoms with E-state index >= 15 is 0 Å². The number of thiazole rings is 1. The van der Waals surface area contributed by atoms with Gasteiger partial charge in [-0.3, -0.25) is 4.79 Å². The van der Waals surface area contributed by atoms with E-state index in [4.69, 9.17) is 4.98 Å². The Morgan fingerprint density at radius 1 is 1.17 bits per heavy atom. The monoisotopic (exact) mass is 257 g/mol. The van der Waals surface area contributed by atoms with E-state index in [9.17, 15) is 4.79 Å². The van der Waals surface area contributed by atoms with Crippen LogP contribution in [-0.2, 0) is 6.42 Å². The summed E-state index contributed by atoms with van der Waals surface area (Å²) in [5.74, 6) is 0.270. The third-order valence-electron chi connectivity index (χ3n) is 3.46. The van der Waals surface area contributed by atoms with Crippen LogP contribution in [0.15, 0.2) is 18.2 Å². The van der Waals surface area contributed by atoms with Crippen molar-refractivity contribution in [2.24, 2.45) is 0 Å². The highest BCUT2D eigenvalue weighted by Crippen LogP contribution is 2.35. The van der Waals surface area contributed by atoms with E-state index in [-0.39, 0.29) is 5.78 Å². The van der Waals surface area contributed by atoms with E-state index in [1.54, 1.807) is 11.3 Å². The number of nitrogens with zero attached hydrogens (tertiary/aromatic N) is 1. The number of ketones is 1. The summed E-state index contributed by atoms with van der Waals surface area (Å²) in [6.45, 7) is 4.20. The summed E-state index contributed by atoms with van der Waals surface area (Å²) < 4.78 is 0. The average molecular weight is 257 g/mol. The summed E-state index contributed by atoms with van der Waals surface area (Å²) >= 11 is 1.56. The molecule has 2 aromatic rings. The molecule has 0 N–H and O–H groups in total. The van der Waals surface area contributed by atoms with Gasteiger partial charge in [0.15, 0.2) is 5.78 Å². The molecule has 0 aliphatic heterocycles. The van der Waals surface area contributed by atoms with Gasteiger partial charge in [-0.2, -0.15) is 0 Å². The minimum atomic E-state index is 0.270. The Labute approximate surface area is 111 Å². The minimum Gasteiger partial charge on any atom is -0.293 e. The maximum Gasteiger partial charge on any atom is 0.174 e. The minimum absolute atomic E-state index is 0.270. The molecule has 2 nitrogen and oxygen atoms in total. The zero-order valence-electron chi connectivity index (χ0n) is 10.6. The van der Waals surface area contributed by atoms with E-state index in [1.807, 2.05) is 0 Å². The highest BCUT2D eigenvalue weighted by molar-refractivity contribution is 7.17. The van der Waals surface area contributed by atoms with E-state index in [0.29, 0.717) is 6.42 Å². The number of rotatable bonds is 1. The normalized spacial score (nSPS) is 14.7. The Morgan fingerprint density at radius 2 is 1.89 bits per heavy atom. The van der Waals surface area contributed by atoms with Crippen LogP contribution in [0.4, 0.5) is 0 Å². The number of hydrogen-bond donors (Lipinski definition) is 0. The number of benzene rings is 1. The molecule has 0 radical (unpaired) electrons. The van der Waals surface area contributed by atoms with Gasteiger partial charge in [0.05, 0.1) is 10.6 Å². The number of aryl methyl sites for hydroxylation is 3. The summed E-state index contributed by atoms with van der Waals surface area (Å²) in [5.41, 5.74) is 4.67. The summed E-state index contributed by atoms with van der Waals surface area (Å²) in [6, 6.07) is 6.27. The topological polar surface area (TPSA) is 30.0 Å². The molecule has 0 unspecified atom stereocenters. The van der Waals surface area contributed by atoms with Gasteiger partial charge in [0.2, 0.25) is 0 Å². The van der Waals surface area contributed by atoms with Crippen LogP contribution in [0.1, 0.15) is 39.3 Å². The molecule has 3 heteroatoms. The standard InChI is InChI=1S/C15H15NOS/c1-9-5-3-6-10(2)13(9)15-16-11-7-4-8-12(17)14(11)18-15/h3,5-6H,4,7-8H2,1-2H3. The third-order valence-corrected chi connectivity index (χ3v) is 4.62. The van der Waals surface area contributed by atoms with Crippen molar-refractivity contribution in [2.75, 3.05) is 0 Å². The van der Waals surface area contributed by atoms with Crippen molar-refractivity contribution in [1.82, 2.24) is 4.98 Å². The third kappa shape index (κ3) is 1.79. The SMILES string of the molecule is Cc1cccc(C)c1-c1nc2c(s1)C(=O)CCC2. The van der Waals surface area contributed by atoms with Gasteiger partial charge in [-0.05, 0) is 37.8 Å². The second kappa shape index (κ2) is 4.32. The molecule has 0 bridgehead atoms. The molecule has 0 saturated heterocycles. The Morgan fingerprint density at radius 3 is 2.56 bits per heavy atom. The average Bonchev–Trinajstić information content (AvgIpc) is 2.74. The lowest BCUT2D eigenvalue weighted by molar-refractivity contribution is 0.0976. The molecule has 1 aromatic carbocycles. The van der Waals surface area contributed by atoms with E-state index in [0.717, 1.165) is 28.4 Å². The first-order chi connectivity index (χ1) is 8.66. The first-order valence-corrected chi connectivity index (χ1v) is 7.08. The zero-order valence-corrected chi connectivity index (χ0v) is 11.4. The molecule has 1 aliphatic rings. The molecule has 18 heavy (non-hydrogen) atoms. The number of fused-ring (bicyclic) bond motifs is 1. The van der Waals surface area contributed by atoms with Gasteiger partial charge < -0.3 is 0 Å². The first-order valence-electron chi connectivity index (χ1n) is 6.26. The van der Waals surface area contributed by atoms with Crippen LogP contribution in [0.3, 0.4) is 0 Å². The number of aromatic nitrogens is 1. The summed E-state index contributed by atoms with van der Waals surface area (Å²) in [5, 5.41) is 1.01. The number of carbonyl (C=O) groups is 1. The molecule has 0 saturated carbocycles. The predicted molar refractivity (Wildman–Crippen MR) is 74.3 cm³/mol. The summed E-state index contributed by atoms with van der Waals surface area (Å²) in [6.07, 6.45) is 2.58. The molecule has 1 aromatic heterocycles. The number of hydrogen-bond acceptors (Lipinski definition) is 3. The summed E-state index contributed by atoms with van der Waals surface area (Å²) in [7, 11) is 0. The molecule has 1 heterocycles. The van der Waals surface area contributed by atoms with Crippen LogP contribution >= 0.6 is 11.3 Å². The lowest BCUT2D eigenvalue weighted by Crippen LogP contribution is -2.07. The number of carbonyl (C=O) groups excluding carboxylic acids is 1. The Balaban J connectivity index is 2.16. The highest BCUT2D eigenvalue weighted by atomic mass is 32.1. The van der Waals surface area contributed by atoms with Gasteiger partial charge in [0.25, 0.3) is 0 Å². The first kappa shape index (κ1) is 11.6. The van der Waals surface area contributed by atoms with Gasteiger partial charge >= 0.3 is 0 Å². The fourth-order valence-corrected chi connectivity index (χ4v) is 3.78. The van der Waals surface area contributed by atoms with Crippen LogP contribution in [0.2, 0.25) is 0 Å². The molecular weight excluding hydrogens is 242 g/mol. The van der Waals surface area contributed by atoms with Gasteiger partial charge in [-0.15, -0.1) is 11.3 Å². The molecule has 92 valence electrons.